The molecule has 86 valence electrons. The van der Waals surface area contributed by atoms with Crippen LogP contribution in [0.25, 0.3) is 5.57 Å². The van der Waals surface area contributed by atoms with Crippen LogP contribution >= 0.6 is 0 Å². The molecule has 0 radical (unpaired) electrons. The van der Waals surface area contributed by atoms with Gasteiger partial charge < -0.3 is 5.11 Å². The smallest absolute Gasteiger partial charge is 0.147 e. The number of hydrazine groups is 1. The molecule has 1 aliphatic rings. The molecule has 0 saturated heterocycles. The number of nitrogens with one attached hydrogen (secondary N) is 1. The molecule has 2 N–H and O–H groups in total. The standard InChI is InChI=1S/C13H18N2O/c1-10-12(11-7-5-4-6-8-11)9-13(2,16)15(3)14-10/h4-10,14,16H,1-3H3. The van der Waals surface area contributed by atoms with Crippen molar-refractivity contribution in [2.45, 2.75) is 25.6 Å². The highest BCUT2D eigenvalue weighted by atomic mass is 16.3. The molecule has 16 heavy (non-hydrogen) atoms. The van der Waals surface area contributed by atoms with Crippen LogP contribution in [0, 0.1) is 0 Å². The van der Waals surface area contributed by atoms with Crippen LogP contribution in [0.5, 0.6) is 0 Å². The third-order valence-electron chi connectivity index (χ3n) is 3.07. The van der Waals surface area contributed by atoms with E-state index in [1.54, 1.807) is 11.9 Å². The van der Waals surface area contributed by atoms with Crippen LogP contribution in [0.3, 0.4) is 0 Å². The molecule has 1 heterocycles. The molecule has 1 aromatic carbocycles. The van der Waals surface area contributed by atoms with Crippen LogP contribution in [0.2, 0.25) is 0 Å². The van der Waals surface area contributed by atoms with Gasteiger partial charge in [0, 0.05) is 13.1 Å². The lowest BCUT2D eigenvalue weighted by molar-refractivity contribution is -0.0763. The van der Waals surface area contributed by atoms with Gasteiger partial charge >= 0.3 is 0 Å². The van der Waals surface area contributed by atoms with Crippen molar-refractivity contribution in [3.05, 3.63) is 42.0 Å². The molecule has 0 aromatic heterocycles. The van der Waals surface area contributed by atoms with Gasteiger partial charge in [0.25, 0.3) is 0 Å². The summed E-state index contributed by atoms with van der Waals surface area (Å²) in [6.45, 7) is 3.86. The largest absolute Gasteiger partial charge is 0.371 e. The molecule has 1 aliphatic heterocycles. The number of hydrogen-bond donors (Lipinski definition) is 2. The summed E-state index contributed by atoms with van der Waals surface area (Å²) in [4.78, 5) is 0. The molecule has 3 nitrogen and oxygen atoms in total. The number of rotatable bonds is 1. The molecule has 0 bridgehead atoms. The molecule has 2 atom stereocenters. The van der Waals surface area contributed by atoms with Crippen molar-refractivity contribution < 1.29 is 5.11 Å². The Kier molecular flexibility index (Phi) is 2.84. The lowest BCUT2D eigenvalue weighted by Crippen LogP contribution is -2.56. The first-order valence-corrected chi connectivity index (χ1v) is 5.51. The normalized spacial score (nSPS) is 31.2. The van der Waals surface area contributed by atoms with E-state index >= 15 is 0 Å². The predicted molar refractivity (Wildman–Crippen MR) is 65.4 cm³/mol. The van der Waals surface area contributed by atoms with Crippen molar-refractivity contribution in [2.75, 3.05) is 7.05 Å². The Morgan fingerprint density at radius 2 is 1.94 bits per heavy atom. The Bertz CT molecular complexity index is 398. The van der Waals surface area contributed by atoms with Gasteiger partial charge in [0.1, 0.15) is 5.72 Å². The number of nitrogens with zero attached hydrogens (tertiary/aromatic N) is 1. The summed E-state index contributed by atoms with van der Waals surface area (Å²) in [7, 11) is 1.84. The first-order valence-electron chi connectivity index (χ1n) is 5.51. The van der Waals surface area contributed by atoms with E-state index in [-0.39, 0.29) is 6.04 Å². The average molecular weight is 218 g/mol. The highest BCUT2D eigenvalue weighted by Gasteiger charge is 2.31. The van der Waals surface area contributed by atoms with Crippen molar-refractivity contribution in [3.63, 3.8) is 0 Å². The fourth-order valence-electron chi connectivity index (χ4n) is 1.97. The highest BCUT2D eigenvalue weighted by molar-refractivity contribution is 5.70. The Hall–Kier alpha value is -1.16. The van der Waals surface area contributed by atoms with Crippen LogP contribution < -0.4 is 5.43 Å². The van der Waals surface area contributed by atoms with Crippen LogP contribution in [0.1, 0.15) is 19.4 Å². The van der Waals surface area contributed by atoms with E-state index in [0.717, 1.165) is 11.1 Å². The number of likely N-dealkylation sites (N-methyl/N-ethyl adjacent to an activating group) is 1. The Morgan fingerprint density at radius 3 is 2.56 bits per heavy atom. The molecule has 1 aromatic rings. The third kappa shape index (κ3) is 2.02. The lowest BCUT2D eigenvalue weighted by Gasteiger charge is -2.40. The highest BCUT2D eigenvalue weighted by Crippen LogP contribution is 2.27. The summed E-state index contributed by atoms with van der Waals surface area (Å²) in [5.74, 6) is 0. The summed E-state index contributed by atoms with van der Waals surface area (Å²) >= 11 is 0. The third-order valence-corrected chi connectivity index (χ3v) is 3.07. The van der Waals surface area contributed by atoms with Gasteiger partial charge in [0.2, 0.25) is 0 Å². The van der Waals surface area contributed by atoms with Crippen LogP contribution in [0.15, 0.2) is 36.4 Å². The quantitative estimate of drug-likeness (QED) is 0.752. The zero-order valence-electron chi connectivity index (χ0n) is 9.94. The van der Waals surface area contributed by atoms with Crippen LogP contribution in [0.4, 0.5) is 0 Å². The second-order valence-corrected chi connectivity index (χ2v) is 4.47. The topological polar surface area (TPSA) is 35.5 Å². The van der Waals surface area contributed by atoms with Gasteiger partial charge in [-0.15, -0.1) is 0 Å². The number of aliphatic hydroxyl groups is 1. The maximum absolute atomic E-state index is 10.2. The Morgan fingerprint density at radius 1 is 1.31 bits per heavy atom. The molecule has 0 spiro atoms. The lowest BCUT2D eigenvalue weighted by atomic mass is 9.95. The first-order chi connectivity index (χ1) is 7.50. The van der Waals surface area contributed by atoms with Crippen molar-refractivity contribution >= 4 is 5.57 Å². The SMILES string of the molecule is CC1NN(C)C(C)(O)C=C1c1ccccc1. The summed E-state index contributed by atoms with van der Waals surface area (Å²) in [6.07, 6.45) is 1.91. The molecule has 3 heteroatoms. The van der Waals surface area contributed by atoms with E-state index in [1.165, 1.54) is 0 Å². The second-order valence-electron chi connectivity index (χ2n) is 4.47. The molecule has 0 aliphatic carbocycles. The molecule has 2 unspecified atom stereocenters. The number of benzene rings is 1. The van der Waals surface area contributed by atoms with Gasteiger partial charge in [-0.1, -0.05) is 30.3 Å². The van der Waals surface area contributed by atoms with Gasteiger partial charge in [-0.3, -0.25) is 0 Å². The fraction of sp³-hybridized carbons (Fsp3) is 0.385. The average Bonchev–Trinajstić information content (AvgIpc) is 2.25. The van der Waals surface area contributed by atoms with Gasteiger partial charge in [-0.05, 0) is 31.1 Å². The van der Waals surface area contributed by atoms with Crippen molar-refractivity contribution in [2.24, 2.45) is 0 Å². The van der Waals surface area contributed by atoms with Crippen molar-refractivity contribution in [1.29, 1.82) is 0 Å². The van der Waals surface area contributed by atoms with Crippen molar-refractivity contribution in [1.82, 2.24) is 10.4 Å². The minimum absolute atomic E-state index is 0.202. The molecular weight excluding hydrogens is 200 g/mol. The Balaban J connectivity index is 2.41. The van der Waals surface area contributed by atoms with Gasteiger partial charge in [-0.25, -0.2) is 10.4 Å². The molecular formula is C13H18N2O. The molecule has 0 amide bonds. The second kappa shape index (κ2) is 4.01. The minimum Gasteiger partial charge on any atom is -0.371 e. The van der Waals surface area contributed by atoms with E-state index in [4.69, 9.17) is 0 Å². The van der Waals surface area contributed by atoms with Gasteiger partial charge in [0.15, 0.2) is 0 Å². The summed E-state index contributed by atoms with van der Waals surface area (Å²) in [5, 5.41) is 11.9. The molecule has 0 saturated carbocycles. The summed E-state index contributed by atoms with van der Waals surface area (Å²) in [5.41, 5.74) is 4.56. The molecule has 0 fully saturated rings. The summed E-state index contributed by atoms with van der Waals surface area (Å²) < 4.78 is 0. The van der Waals surface area contributed by atoms with E-state index in [0.29, 0.717) is 0 Å². The van der Waals surface area contributed by atoms with Gasteiger partial charge in [-0.2, -0.15) is 0 Å². The monoisotopic (exact) mass is 218 g/mol. The number of hydrogen-bond acceptors (Lipinski definition) is 3. The van der Waals surface area contributed by atoms with E-state index in [9.17, 15) is 5.11 Å². The van der Waals surface area contributed by atoms with E-state index in [1.807, 2.05) is 31.3 Å². The van der Waals surface area contributed by atoms with Gasteiger partial charge in [0.05, 0.1) is 0 Å². The maximum Gasteiger partial charge on any atom is 0.147 e. The van der Waals surface area contributed by atoms with Crippen LogP contribution in [-0.4, -0.2) is 28.9 Å². The zero-order chi connectivity index (χ0) is 11.8. The fourth-order valence-corrected chi connectivity index (χ4v) is 1.97. The zero-order valence-corrected chi connectivity index (χ0v) is 9.94. The van der Waals surface area contributed by atoms with E-state index < -0.39 is 5.72 Å². The minimum atomic E-state index is -0.947. The van der Waals surface area contributed by atoms with E-state index in [2.05, 4.69) is 24.5 Å². The van der Waals surface area contributed by atoms with Crippen molar-refractivity contribution in [3.8, 4) is 0 Å². The molecule has 2 rings (SSSR count). The predicted octanol–water partition coefficient (Wildman–Crippen LogP) is 1.62. The maximum atomic E-state index is 10.2. The van der Waals surface area contributed by atoms with Crippen LogP contribution in [-0.2, 0) is 0 Å². The Labute approximate surface area is 96.4 Å². The first kappa shape index (κ1) is 11.3. The summed E-state index contributed by atoms with van der Waals surface area (Å²) in [6, 6.07) is 10.3.